The lowest BCUT2D eigenvalue weighted by atomic mass is 10.0. The molecule has 0 aromatic heterocycles. The smallest absolute Gasteiger partial charge is 0.406 e. The Hall–Kier alpha value is -2.17. The largest absolute Gasteiger partial charge is 0.573 e. The highest BCUT2D eigenvalue weighted by Crippen LogP contribution is 2.30. The van der Waals surface area contributed by atoms with Crippen molar-refractivity contribution in [2.24, 2.45) is 0 Å². The van der Waals surface area contributed by atoms with E-state index in [1.54, 1.807) is 0 Å². The van der Waals surface area contributed by atoms with Crippen molar-refractivity contribution >= 4 is 10.0 Å². The van der Waals surface area contributed by atoms with Gasteiger partial charge in [-0.25, -0.2) is 17.5 Å². The molecule has 0 bridgehead atoms. The average Bonchev–Trinajstić information content (AvgIpc) is 3.14. The summed E-state index contributed by atoms with van der Waals surface area (Å²) in [6.07, 6.45) is -3.93. The van der Waals surface area contributed by atoms with Gasteiger partial charge in [-0.15, -0.1) is 13.2 Å². The van der Waals surface area contributed by atoms with Gasteiger partial charge in [0.1, 0.15) is 11.6 Å². The van der Waals surface area contributed by atoms with Crippen LogP contribution in [0.4, 0.5) is 17.6 Å². The van der Waals surface area contributed by atoms with Gasteiger partial charge in [-0.3, -0.25) is 0 Å². The van der Waals surface area contributed by atoms with E-state index in [0.29, 0.717) is 18.6 Å². The van der Waals surface area contributed by atoms with Crippen LogP contribution in [0, 0.1) is 5.82 Å². The van der Waals surface area contributed by atoms with E-state index in [9.17, 15) is 26.0 Å². The second kappa shape index (κ2) is 8.06. The predicted octanol–water partition coefficient (Wildman–Crippen LogP) is 3.92. The summed E-state index contributed by atoms with van der Waals surface area (Å²) >= 11 is 0. The van der Waals surface area contributed by atoms with E-state index >= 15 is 0 Å². The molecule has 152 valence electrons. The van der Waals surface area contributed by atoms with Gasteiger partial charge in [0.25, 0.3) is 0 Å². The fourth-order valence-corrected chi connectivity index (χ4v) is 4.20. The number of sulfonamides is 1. The molecule has 0 amide bonds. The van der Waals surface area contributed by atoms with Gasteiger partial charge in [0.15, 0.2) is 0 Å². The fourth-order valence-electron chi connectivity index (χ4n) is 2.95. The lowest BCUT2D eigenvalue weighted by Crippen LogP contribution is -2.36. The highest BCUT2D eigenvalue weighted by Gasteiger charge is 2.33. The normalized spacial score (nSPS) is 18.8. The molecular weight excluding hydrogens is 402 g/mol. The summed E-state index contributed by atoms with van der Waals surface area (Å²) in [6.45, 7) is 0.480. The number of hydrogen-bond donors (Lipinski definition) is 1. The van der Waals surface area contributed by atoms with Crippen LogP contribution in [-0.4, -0.2) is 27.5 Å². The van der Waals surface area contributed by atoms with Gasteiger partial charge < -0.3 is 9.47 Å². The summed E-state index contributed by atoms with van der Waals surface area (Å²) in [5, 5.41) is 0. The number of benzene rings is 2. The lowest BCUT2D eigenvalue weighted by molar-refractivity contribution is -0.274. The van der Waals surface area contributed by atoms with Gasteiger partial charge in [-0.1, -0.05) is 12.1 Å². The second-order valence-electron chi connectivity index (χ2n) is 6.22. The molecule has 1 saturated heterocycles. The monoisotopic (exact) mass is 419 g/mol. The molecule has 1 aliphatic rings. The fraction of sp³-hybridized carbons (Fsp3) is 0.333. The Labute approximate surface area is 159 Å². The number of halogens is 4. The van der Waals surface area contributed by atoms with Crippen LogP contribution in [0.2, 0.25) is 0 Å². The van der Waals surface area contributed by atoms with E-state index in [4.69, 9.17) is 4.74 Å². The van der Waals surface area contributed by atoms with E-state index in [0.717, 1.165) is 30.7 Å². The first-order valence-electron chi connectivity index (χ1n) is 8.39. The first kappa shape index (κ1) is 20.6. The van der Waals surface area contributed by atoms with E-state index < -0.39 is 40.1 Å². The first-order chi connectivity index (χ1) is 13.1. The quantitative estimate of drug-likeness (QED) is 0.721. The third kappa shape index (κ3) is 5.21. The molecule has 28 heavy (non-hydrogen) atoms. The van der Waals surface area contributed by atoms with E-state index in [1.807, 2.05) is 0 Å². The van der Waals surface area contributed by atoms with Gasteiger partial charge in [-0.2, -0.15) is 0 Å². The molecule has 1 unspecified atom stereocenters. The molecule has 5 nitrogen and oxygen atoms in total. The molecule has 2 atom stereocenters. The second-order valence-corrected chi connectivity index (χ2v) is 7.94. The summed E-state index contributed by atoms with van der Waals surface area (Å²) in [5.74, 6) is -0.987. The Balaban J connectivity index is 1.83. The Morgan fingerprint density at radius 1 is 1.07 bits per heavy atom. The maximum absolute atomic E-state index is 13.2. The van der Waals surface area contributed by atoms with Crippen LogP contribution in [0.5, 0.6) is 5.75 Å². The van der Waals surface area contributed by atoms with Crippen LogP contribution in [0.3, 0.4) is 0 Å². The van der Waals surface area contributed by atoms with Gasteiger partial charge in [0.05, 0.1) is 17.0 Å². The van der Waals surface area contributed by atoms with Gasteiger partial charge in [0, 0.05) is 6.61 Å². The van der Waals surface area contributed by atoms with Crippen molar-refractivity contribution in [1.29, 1.82) is 0 Å². The topological polar surface area (TPSA) is 64.6 Å². The summed E-state index contributed by atoms with van der Waals surface area (Å²) < 4.78 is 87.3. The van der Waals surface area contributed by atoms with Crippen molar-refractivity contribution in [3.63, 3.8) is 0 Å². The lowest BCUT2D eigenvalue weighted by Gasteiger charge is -2.24. The molecule has 1 fully saturated rings. The van der Waals surface area contributed by atoms with Crippen molar-refractivity contribution < 1.29 is 35.5 Å². The standard InChI is InChI=1S/C18H17F4NO4S/c19-13-5-3-12(4-6-13)17(16-2-1-11-26-16)23-28(24,25)15-9-7-14(8-10-15)27-18(20,21)22/h3-10,16-17,23H,1-2,11H2/t16-,17?/m0/s1. The van der Waals surface area contributed by atoms with Crippen LogP contribution in [0.15, 0.2) is 53.4 Å². The molecule has 0 saturated carbocycles. The zero-order valence-electron chi connectivity index (χ0n) is 14.4. The molecule has 0 aliphatic carbocycles. The average molecular weight is 419 g/mol. The molecule has 1 aliphatic heterocycles. The molecule has 0 radical (unpaired) electrons. The number of ether oxygens (including phenoxy) is 2. The number of nitrogens with one attached hydrogen (secondary N) is 1. The minimum absolute atomic E-state index is 0.230. The van der Waals surface area contributed by atoms with E-state index in [2.05, 4.69) is 9.46 Å². The van der Waals surface area contributed by atoms with Crippen LogP contribution in [0.25, 0.3) is 0 Å². The van der Waals surface area contributed by atoms with Crippen LogP contribution in [0.1, 0.15) is 24.4 Å². The maximum Gasteiger partial charge on any atom is 0.573 e. The Bertz CT molecular complexity index is 893. The minimum atomic E-state index is -4.87. The molecule has 1 N–H and O–H groups in total. The first-order valence-corrected chi connectivity index (χ1v) is 9.87. The molecule has 2 aromatic rings. The summed E-state index contributed by atoms with van der Waals surface area (Å²) in [4.78, 5) is -0.230. The van der Waals surface area contributed by atoms with Gasteiger partial charge >= 0.3 is 6.36 Å². The summed E-state index contributed by atoms with van der Waals surface area (Å²) in [7, 11) is -4.08. The van der Waals surface area contributed by atoms with Crippen molar-refractivity contribution in [3.05, 3.63) is 59.9 Å². The van der Waals surface area contributed by atoms with Crippen molar-refractivity contribution in [3.8, 4) is 5.75 Å². The van der Waals surface area contributed by atoms with Gasteiger partial charge in [0.2, 0.25) is 10.0 Å². The Morgan fingerprint density at radius 2 is 1.71 bits per heavy atom. The summed E-state index contributed by atoms with van der Waals surface area (Å²) in [6, 6.07) is 8.46. The highest BCUT2D eigenvalue weighted by atomic mass is 32.2. The maximum atomic E-state index is 13.2. The predicted molar refractivity (Wildman–Crippen MR) is 91.6 cm³/mol. The minimum Gasteiger partial charge on any atom is -0.406 e. The zero-order chi connectivity index (χ0) is 20.4. The van der Waals surface area contributed by atoms with Crippen molar-refractivity contribution in [2.45, 2.75) is 36.2 Å². The van der Waals surface area contributed by atoms with Crippen molar-refractivity contribution in [2.75, 3.05) is 6.61 Å². The molecule has 2 aromatic carbocycles. The van der Waals surface area contributed by atoms with Gasteiger partial charge in [-0.05, 0) is 54.8 Å². The summed E-state index contributed by atoms with van der Waals surface area (Å²) in [5.41, 5.74) is 0.522. The third-order valence-electron chi connectivity index (χ3n) is 4.22. The zero-order valence-corrected chi connectivity index (χ0v) is 15.3. The van der Waals surface area contributed by atoms with Crippen molar-refractivity contribution in [1.82, 2.24) is 4.72 Å². The van der Waals surface area contributed by atoms with E-state index in [1.165, 1.54) is 24.3 Å². The molecule has 10 heteroatoms. The Morgan fingerprint density at radius 3 is 2.25 bits per heavy atom. The molecule has 1 heterocycles. The highest BCUT2D eigenvalue weighted by molar-refractivity contribution is 7.89. The number of rotatable bonds is 6. The number of alkyl halides is 3. The SMILES string of the molecule is O=S(=O)(NC(c1ccc(F)cc1)[C@@H]1CCCO1)c1ccc(OC(F)(F)F)cc1. The van der Waals surface area contributed by atoms with Crippen LogP contribution < -0.4 is 9.46 Å². The third-order valence-corrected chi connectivity index (χ3v) is 5.67. The molecular formula is C18H17F4NO4S. The molecule has 3 rings (SSSR count). The van der Waals surface area contributed by atoms with E-state index in [-0.39, 0.29) is 4.90 Å². The Kier molecular flexibility index (Phi) is 5.92. The van der Waals surface area contributed by atoms with Crippen LogP contribution in [-0.2, 0) is 14.8 Å². The number of hydrogen-bond acceptors (Lipinski definition) is 4. The molecule has 0 spiro atoms. The van der Waals surface area contributed by atoms with Crippen LogP contribution >= 0.6 is 0 Å².